The number of rotatable bonds is 3. The number of para-hydroxylation sites is 1. The summed E-state index contributed by atoms with van der Waals surface area (Å²) in [4.78, 5) is 30.8. The van der Waals surface area contributed by atoms with Gasteiger partial charge in [0.15, 0.2) is 0 Å². The topological polar surface area (TPSA) is 92.2 Å². The lowest BCUT2D eigenvalue weighted by Gasteiger charge is -2.03. The van der Waals surface area contributed by atoms with Gasteiger partial charge >= 0.3 is 11.2 Å². The first-order valence-corrected chi connectivity index (χ1v) is 8.10. The summed E-state index contributed by atoms with van der Waals surface area (Å²) in [6.45, 7) is 0. The molecule has 0 aliphatic rings. The number of ether oxygens (including phenoxy) is 1. The van der Waals surface area contributed by atoms with Gasteiger partial charge in [0.2, 0.25) is 0 Å². The molecule has 0 bridgehead atoms. The number of aromatic amines is 2. The first-order valence-electron chi connectivity index (χ1n) is 7.72. The Morgan fingerprint density at radius 3 is 2.73 bits per heavy atom. The summed E-state index contributed by atoms with van der Waals surface area (Å²) in [7, 11) is 1.54. The lowest BCUT2D eigenvalue weighted by Crippen LogP contribution is -2.32. The van der Waals surface area contributed by atoms with Crippen LogP contribution in [0.1, 0.15) is 5.56 Å². The highest BCUT2D eigenvalue weighted by Crippen LogP contribution is 2.24. The standard InChI is InChI=1S/C18H13ClN4O3/c1-26-14-5-3-2-4-10(14)9-20-23-17(24)16-15(22-18(23)25)12-8-11(19)6-7-13(12)21-16/h2-9,21H,1H3,(H,22,25). The molecule has 0 radical (unpaired) electrons. The predicted molar refractivity (Wildman–Crippen MR) is 102 cm³/mol. The molecule has 8 heteroatoms. The number of hydrogen-bond donors (Lipinski definition) is 2. The summed E-state index contributed by atoms with van der Waals surface area (Å²) >= 11 is 6.01. The molecule has 0 saturated carbocycles. The summed E-state index contributed by atoms with van der Waals surface area (Å²) in [5.74, 6) is 0.585. The van der Waals surface area contributed by atoms with E-state index in [2.05, 4.69) is 15.1 Å². The van der Waals surface area contributed by atoms with E-state index in [9.17, 15) is 9.59 Å². The summed E-state index contributed by atoms with van der Waals surface area (Å²) in [6.07, 6.45) is 1.40. The van der Waals surface area contributed by atoms with Gasteiger partial charge in [-0.25, -0.2) is 4.79 Å². The molecule has 130 valence electrons. The fourth-order valence-corrected chi connectivity index (χ4v) is 2.98. The van der Waals surface area contributed by atoms with Gasteiger partial charge in [0.05, 0.1) is 18.8 Å². The maximum absolute atomic E-state index is 12.7. The Morgan fingerprint density at radius 1 is 1.12 bits per heavy atom. The Labute approximate surface area is 151 Å². The van der Waals surface area contributed by atoms with E-state index in [0.717, 1.165) is 4.68 Å². The maximum Gasteiger partial charge on any atom is 0.350 e. The first-order chi connectivity index (χ1) is 12.6. The maximum atomic E-state index is 12.7. The number of halogens is 1. The predicted octanol–water partition coefficient (Wildman–Crippen LogP) is 2.72. The van der Waals surface area contributed by atoms with Crippen molar-refractivity contribution in [2.24, 2.45) is 5.10 Å². The zero-order valence-corrected chi connectivity index (χ0v) is 14.4. The minimum Gasteiger partial charge on any atom is -0.496 e. The highest BCUT2D eigenvalue weighted by molar-refractivity contribution is 6.31. The van der Waals surface area contributed by atoms with Crippen LogP contribution >= 0.6 is 11.6 Å². The second-order valence-electron chi connectivity index (χ2n) is 5.60. The quantitative estimate of drug-likeness (QED) is 0.544. The van der Waals surface area contributed by atoms with Crippen molar-refractivity contribution < 1.29 is 4.74 Å². The van der Waals surface area contributed by atoms with Crippen LogP contribution in [0.25, 0.3) is 21.9 Å². The molecule has 0 fully saturated rings. The van der Waals surface area contributed by atoms with Crippen molar-refractivity contribution in [3.8, 4) is 5.75 Å². The van der Waals surface area contributed by atoms with Crippen LogP contribution in [0, 0.1) is 0 Å². The van der Waals surface area contributed by atoms with E-state index in [4.69, 9.17) is 16.3 Å². The number of fused-ring (bicyclic) bond motifs is 3. The molecule has 4 aromatic rings. The number of nitrogens with zero attached hydrogens (tertiary/aromatic N) is 2. The molecular formula is C18H13ClN4O3. The molecule has 2 aromatic carbocycles. The largest absolute Gasteiger partial charge is 0.496 e. The molecular weight excluding hydrogens is 356 g/mol. The second-order valence-corrected chi connectivity index (χ2v) is 6.03. The Balaban J connectivity index is 1.91. The lowest BCUT2D eigenvalue weighted by molar-refractivity contribution is 0.414. The van der Waals surface area contributed by atoms with Crippen LogP contribution in [0.4, 0.5) is 0 Å². The van der Waals surface area contributed by atoms with Gasteiger partial charge < -0.3 is 14.7 Å². The summed E-state index contributed by atoms with van der Waals surface area (Å²) in [5.41, 5.74) is 0.797. The van der Waals surface area contributed by atoms with Crippen molar-refractivity contribution in [1.82, 2.24) is 14.6 Å². The molecule has 7 nitrogen and oxygen atoms in total. The molecule has 0 amide bonds. The highest BCUT2D eigenvalue weighted by Gasteiger charge is 2.13. The van der Waals surface area contributed by atoms with Crippen molar-refractivity contribution in [1.29, 1.82) is 0 Å². The lowest BCUT2D eigenvalue weighted by atomic mass is 10.2. The Kier molecular flexibility index (Phi) is 3.85. The Bertz CT molecular complexity index is 1280. The summed E-state index contributed by atoms with van der Waals surface area (Å²) < 4.78 is 6.00. The number of nitrogens with one attached hydrogen (secondary N) is 2. The normalized spacial score (nSPS) is 11.6. The molecule has 0 saturated heterocycles. The fraction of sp³-hybridized carbons (Fsp3) is 0.0556. The van der Waals surface area contributed by atoms with E-state index < -0.39 is 11.2 Å². The van der Waals surface area contributed by atoms with E-state index in [1.54, 1.807) is 30.3 Å². The van der Waals surface area contributed by atoms with Gasteiger partial charge in [0.25, 0.3) is 0 Å². The number of methoxy groups -OCH3 is 1. The molecule has 0 aliphatic carbocycles. The van der Waals surface area contributed by atoms with Crippen molar-refractivity contribution in [2.45, 2.75) is 0 Å². The molecule has 4 rings (SSSR count). The minimum absolute atomic E-state index is 0.249. The van der Waals surface area contributed by atoms with Gasteiger partial charge in [-0.15, -0.1) is 4.68 Å². The molecule has 2 N–H and O–H groups in total. The minimum atomic E-state index is -0.644. The summed E-state index contributed by atoms with van der Waals surface area (Å²) in [6, 6.07) is 12.3. The van der Waals surface area contributed by atoms with Gasteiger partial charge in [0.1, 0.15) is 11.3 Å². The van der Waals surface area contributed by atoms with E-state index >= 15 is 0 Å². The monoisotopic (exact) mass is 368 g/mol. The Hall–Kier alpha value is -3.32. The van der Waals surface area contributed by atoms with Gasteiger partial charge in [-0.05, 0) is 30.3 Å². The highest BCUT2D eigenvalue weighted by atomic mass is 35.5. The molecule has 2 heterocycles. The van der Waals surface area contributed by atoms with Gasteiger partial charge in [-0.2, -0.15) is 5.10 Å². The van der Waals surface area contributed by atoms with Gasteiger partial charge in [-0.3, -0.25) is 4.79 Å². The smallest absolute Gasteiger partial charge is 0.350 e. The summed E-state index contributed by atoms with van der Waals surface area (Å²) in [5, 5.41) is 5.21. The number of H-pyrrole nitrogens is 2. The number of hydrogen-bond acceptors (Lipinski definition) is 4. The number of benzene rings is 2. The van der Waals surface area contributed by atoms with Crippen molar-refractivity contribution in [3.05, 3.63) is 73.9 Å². The van der Waals surface area contributed by atoms with Crippen LogP contribution in [0.2, 0.25) is 5.02 Å². The van der Waals surface area contributed by atoms with Crippen LogP contribution in [-0.2, 0) is 0 Å². The average Bonchev–Trinajstić information content (AvgIpc) is 3.00. The second kappa shape index (κ2) is 6.20. The van der Waals surface area contributed by atoms with Crippen molar-refractivity contribution in [3.63, 3.8) is 0 Å². The third kappa shape index (κ3) is 2.58. The van der Waals surface area contributed by atoms with E-state index in [1.807, 2.05) is 12.1 Å². The van der Waals surface area contributed by atoms with Gasteiger partial charge in [0, 0.05) is 21.5 Å². The van der Waals surface area contributed by atoms with Crippen LogP contribution in [-0.4, -0.2) is 28.0 Å². The Morgan fingerprint density at radius 2 is 1.92 bits per heavy atom. The molecule has 2 aromatic heterocycles. The molecule has 0 atom stereocenters. The van der Waals surface area contributed by atoms with Crippen LogP contribution < -0.4 is 16.0 Å². The van der Waals surface area contributed by atoms with Crippen molar-refractivity contribution in [2.75, 3.05) is 7.11 Å². The first kappa shape index (κ1) is 16.2. The van der Waals surface area contributed by atoms with E-state index in [1.165, 1.54) is 13.3 Å². The van der Waals surface area contributed by atoms with E-state index in [-0.39, 0.29) is 5.52 Å². The number of aromatic nitrogens is 3. The molecule has 0 unspecified atom stereocenters. The fourth-order valence-electron chi connectivity index (χ4n) is 2.81. The zero-order valence-electron chi connectivity index (χ0n) is 13.6. The SMILES string of the molecule is COc1ccccc1C=Nn1c(=O)[nH]c2c([nH]c3ccc(Cl)cc32)c1=O. The van der Waals surface area contributed by atoms with Crippen LogP contribution in [0.3, 0.4) is 0 Å². The average molecular weight is 369 g/mol. The van der Waals surface area contributed by atoms with E-state index in [0.29, 0.717) is 32.8 Å². The van der Waals surface area contributed by atoms with Crippen molar-refractivity contribution >= 4 is 39.8 Å². The van der Waals surface area contributed by atoms with Crippen LogP contribution in [0.15, 0.2) is 57.2 Å². The molecule has 0 aliphatic heterocycles. The van der Waals surface area contributed by atoms with Gasteiger partial charge in [-0.1, -0.05) is 23.7 Å². The zero-order chi connectivity index (χ0) is 18.3. The van der Waals surface area contributed by atoms with Crippen LogP contribution in [0.5, 0.6) is 5.75 Å². The third-order valence-corrected chi connectivity index (χ3v) is 4.28. The molecule has 26 heavy (non-hydrogen) atoms. The molecule has 0 spiro atoms. The third-order valence-electron chi connectivity index (χ3n) is 4.04.